The van der Waals surface area contributed by atoms with Crippen LogP contribution in [0.25, 0.3) is 0 Å². The average molecular weight is 366 g/mol. The molecule has 0 aliphatic carbocycles. The maximum atomic E-state index is 13.1. The number of benzene rings is 2. The molecule has 134 valence electrons. The molecule has 0 saturated carbocycles. The molecular weight excluding hydrogens is 347 g/mol. The third-order valence-corrected chi connectivity index (χ3v) is 4.41. The molecule has 5 nitrogen and oxygen atoms in total. The molecule has 7 heteroatoms. The van der Waals surface area contributed by atoms with Crippen LogP contribution >= 0.6 is 0 Å². The minimum absolute atomic E-state index is 0.0708. The summed E-state index contributed by atoms with van der Waals surface area (Å²) in [6, 6.07) is 10.9. The summed E-state index contributed by atoms with van der Waals surface area (Å²) in [5, 5.41) is 0. The predicted molar refractivity (Wildman–Crippen MR) is 91.3 cm³/mol. The van der Waals surface area contributed by atoms with E-state index < -0.39 is 27.7 Å². The van der Waals surface area contributed by atoms with Crippen molar-refractivity contribution in [1.82, 2.24) is 0 Å². The van der Waals surface area contributed by atoms with Gasteiger partial charge in [-0.2, -0.15) is 8.42 Å². The third kappa shape index (κ3) is 6.19. The van der Waals surface area contributed by atoms with Gasteiger partial charge in [0.2, 0.25) is 0 Å². The average Bonchev–Trinajstić information content (AvgIpc) is 2.54. The van der Waals surface area contributed by atoms with E-state index in [4.69, 9.17) is 8.92 Å². The van der Waals surface area contributed by atoms with Crippen molar-refractivity contribution in [2.75, 3.05) is 6.61 Å². The van der Waals surface area contributed by atoms with Gasteiger partial charge in [-0.15, -0.1) is 0 Å². The summed E-state index contributed by atoms with van der Waals surface area (Å²) in [5.41, 5.74) is 0.599. The fourth-order valence-electron chi connectivity index (χ4n) is 2.05. The molecule has 0 spiro atoms. The Morgan fingerprint density at radius 2 is 1.84 bits per heavy atom. The zero-order valence-electron chi connectivity index (χ0n) is 13.8. The maximum absolute atomic E-state index is 13.1. The van der Waals surface area contributed by atoms with E-state index in [-0.39, 0.29) is 11.3 Å². The normalized spacial score (nSPS) is 11.1. The maximum Gasteiger partial charge on any atom is 0.338 e. The van der Waals surface area contributed by atoms with E-state index in [0.29, 0.717) is 12.2 Å². The van der Waals surface area contributed by atoms with Gasteiger partial charge in [0.05, 0.1) is 12.2 Å². The molecule has 2 rings (SSSR count). The van der Waals surface area contributed by atoms with E-state index in [0.717, 1.165) is 18.9 Å². The van der Waals surface area contributed by atoms with E-state index in [9.17, 15) is 17.6 Å². The van der Waals surface area contributed by atoms with E-state index in [1.807, 2.05) is 6.92 Å². The molecule has 0 amide bonds. The van der Waals surface area contributed by atoms with Crippen LogP contribution < -0.4 is 4.18 Å². The zero-order valence-corrected chi connectivity index (χ0v) is 14.6. The van der Waals surface area contributed by atoms with Gasteiger partial charge in [-0.25, -0.2) is 9.18 Å². The molecule has 0 bridgehead atoms. The highest BCUT2D eigenvalue weighted by Crippen LogP contribution is 2.18. The van der Waals surface area contributed by atoms with Crippen molar-refractivity contribution in [3.63, 3.8) is 0 Å². The van der Waals surface area contributed by atoms with Gasteiger partial charge >= 0.3 is 16.1 Å². The second-order valence-electron chi connectivity index (χ2n) is 5.43. The van der Waals surface area contributed by atoms with Gasteiger partial charge in [0.1, 0.15) is 17.3 Å². The van der Waals surface area contributed by atoms with E-state index in [1.165, 1.54) is 42.5 Å². The van der Waals surface area contributed by atoms with Crippen molar-refractivity contribution in [3.8, 4) is 5.75 Å². The monoisotopic (exact) mass is 366 g/mol. The first-order valence-electron chi connectivity index (χ1n) is 7.83. The molecule has 0 aliphatic heterocycles. The van der Waals surface area contributed by atoms with Crippen LogP contribution in [-0.4, -0.2) is 21.0 Å². The lowest BCUT2D eigenvalue weighted by molar-refractivity contribution is 0.0499. The lowest BCUT2D eigenvalue weighted by Gasteiger charge is -2.08. The standard InChI is InChI=1S/C18H19FO5S/c1-2-3-11-23-18(20)15-7-9-17(10-8-15)24-25(21,22)13-14-5-4-6-16(19)12-14/h4-10,12H,2-3,11,13H2,1H3. The summed E-state index contributed by atoms with van der Waals surface area (Å²) in [4.78, 5) is 11.8. The Kier molecular flexibility index (Phi) is 6.52. The molecule has 0 saturated heterocycles. The van der Waals surface area contributed by atoms with Crippen molar-refractivity contribution >= 4 is 16.1 Å². The first kappa shape index (κ1) is 18.9. The Balaban J connectivity index is 1.98. The number of esters is 1. The minimum atomic E-state index is -3.94. The molecule has 2 aromatic carbocycles. The number of ether oxygens (including phenoxy) is 1. The Labute approximate surface area is 146 Å². The van der Waals surface area contributed by atoms with Crippen molar-refractivity contribution in [3.05, 3.63) is 65.5 Å². The number of hydrogen-bond donors (Lipinski definition) is 0. The van der Waals surface area contributed by atoms with Gasteiger partial charge in [-0.3, -0.25) is 0 Å². The molecule has 2 aromatic rings. The smallest absolute Gasteiger partial charge is 0.338 e. The van der Waals surface area contributed by atoms with Crippen molar-refractivity contribution in [1.29, 1.82) is 0 Å². The number of hydrogen-bond acceptors (Lipinski definition) is 5. The highest BCUT2D eigenvalue weighted by Gasteiger charge is 2.15. The first-order chi connectivity index (χ1) is 11.9. The fraction of sp³-hybridized carbons (Fsp3) is 0.278. The molecule has 0 N–H and O–H groups in total. The van der Waals surface area contributed by atoms with Crippen molar-refractivity contribution in [2.24, 2.45) is 0 Å². The van der Waals surface area contributed by atoms with E-state index in [1.54, 1.807) is 0 Å². The lowest BCUT2D eigenvalue weighted by atomic mass is 10.2. The molecular formula is C18H19FO5S. The third-order valence-electron chi connectivity index (χ3n) is 3.28. The Hall–Kier alpha value is -2.41. The quantitative estimate of drug-likeness (QED) is 0.405. The number of unbranched alkanes of at least 4 members (excludes halogenated alkanes) is 1. The summed E-state index contributed by atoms with van der Waals surface area (Å²) in [5.74, 6) is -1.37. The van der Waals surface area contributed by atoms with Gasteiger partial charge in [0.15, 0.2) is 0 Å². The number of halogens is 1. The van der Waals surface area contributed by atoms with Gasteiger partial charge in [-0.1, -0.05) is 25.5 Å². The SMILES string of the molecule is CCCCOC(=O)c1ccc(OS(=O)(=O)Cc2cccc(F)c2)cc1. The molecule has 0 fully saturated rings. The summed E-state index contributed by atoms with van der Waals surface area (Å²) in [6.45, 7) is 2.33. The predicted octanol–water partition coefficient (Wildman–Crippen LogP) is 3.69. The zero-order chi connectivity index (χ0) is 18.3. The minimum Gasteiger partial charge on any atom is -0.462 e. The molecule has 0 unspecified atom stereocenters. The Morgan fingerprint density at radius 1 is 1.12 bits per heavy atom. The van der Waals surface area contributed by atoms with Crippen LogP contribution in [0.1, 0.15) is 35.7 Å². The van der Waals surface area contributed by atoms with Crippen molar-refractivity contribution < 1.29 is 26.5 Å². The number of carbonyl (C=O) groups is 1. The van der Waals surface area contributed by atoms with Crippen LogP contribution in [0.3, 0.4) is 0 Å². The largest absolute Gasteiger partial charge is 0.462 e. The van der Waals surface area contributed by atoms with Crippen LogP contribution in [0.15, 0.2) is 48.5 Å². The lowest BCUT2D eigenvalue weighted by Crippen LogP contribution is -2.12. The second-order valence-corrected chi connectivity index (χ2v) is 7.00. The van der Waals surface area contributed by atoms with Gasteiger partial charge in [0.25, 0.3) is 0 Å². The summed E-state index contributed by atoms with van der Waals surface area (Å²) in [7, 11) is -3.94. The molecule has 0 atom stereocenters. The fourth-order valence-corrected chi connectivity index (χ4v) is 3.10. The van der Waals surface area contributed by atoms with E-state index >= 15 is 0 Å². The summed E-state index contributed by atoms with van der Waals surface area (Å²) >= 11 is 0. The Morgan fingerprint density at radius 3 is 2.48 bits per heavy atom. The van der Waals surface area contributed by atoms with Crippen molar-refractivity contribution in [2.45, 2.75) is 25.5 Å². The molecule has 0 heterocycles. The van der Waals surface area contributed by atoms with Crippen LogP contribution in [0, 0.1) is 5.82 Å². The molecule has 0 aromatic heterocycles. The first-order valence-corrected chi connectivity index (χ1v) is 9.41. The van der Waals surface area contributed by atoms with Crippen LogP contribution in [0.4, 0.5) is 4.39 Å². The molecule has 0 aliphatic rings. The highest BCUT2D eigenvalue weighted by atomic mass is 32.2. The van der Waals surface area contributed by atoms with Gasteiger partial charge in [0, 0.05) is 0 Å². The number of rotatable bonds is 8. The Bertz CT molecular complexity index is 816. The topological polar surface area (TPSA) is 69.7 Å². The summed E-state index contributed by atoms with van der Waals surface area (Å²) < 4.78 is 47.2. The highest BCUT2D eigenvalue weighted by molar-refractivity contribution is 7.86. The van der Waals surface area contributed by atoms with Crippen LogP contribution in [-0.2, 0) is 20.6 Å². The molecule has 0 radical (unpaired) electrons. The number of carbonyl (C=O) groups excluding carboxylic acids is 1. The van der Waals surface area contributed by atoms with E-state index in [2.05, 4.69) is 0 Å². The second kappa shape index (κ2) is 8.62. The van der Waals surface area contributed by atoms with Crippen LogP contribution in [0.2, 0.25) is 0 Å². The summed E-state index contributed by atoms with van der Waals surface area (Å²) in [6.07, 6.45) is 1.70. The van der Waals surface area contributed by atoms with Gasteiger partial charge < -0.3 is 8.92 Å². The molecule has 25 heavy (non-hydrogen) atoms. The van der Waals surface area contributed by atoms with Crippen LogP contribution in [0.5, 0.6) is 5.75 Å². The van der Waals surface area contributed by atoms with Gasteiger partial charge in [-0.05, 0) is 48.4 Å².